The van der Waals surface area contributed by atoms with Gasteiger partial charge in [-0.05, 0) is 33.1 Å². The summed E-state index contributed by atoms with van der Waals surface area (Å²) < 4.78 is 5.97. The lowest BCUT2D eigenvalue weighted by molar-refractivity contribution is -0.0485. The predicted octanol–water partition coefficient (Wildman–Crippen LogP) is 1.37. The third-order valence-corrected chi connectivity index (χ3v) is 3.80. The molecule has 15 heavy (non-hydrogen) atoms. The quantitative estimate of drug-likeness (QED) is 0.768. The van der Waals surface area contributed by atoms with E-state index in [0.717, 1.165) is 26.1 Å². The van der Waals surface area contributed by atoms with Crippen LogP contribution in [0.1, 0.15) is 40.0 Å². The first-order valence-corrected chi connectivity index (χ1v) is 6.12. The molecule has 2 aliphatic heterocycles. The van der Waals surface area contributed by atoms with E-state index in [1.165, 1.54) is 12.8 Å². The first-order valence-electron chi connectivity index (χ1n) is 6.12. The van der Waals surface area contributed by atoms with Crippen molar-refractivity contribution in [2.75, 3.05) is 19.6 Å². The molecule has 0 aliphatic carbocycles. The van der Waals surface area contributed by atoms with Crippen LogP contribution in [0.3, 0.4) is 0 Å². The van der Waals surface area contributed by atoms with Gasteiger partial charge in [-0.3, -0.25) is 4.90 Å². The second-order valence-corrected chi connectivity index (χ2v) is 5.92. The molecule has 88 valence electrons. The fourth-order valence-corrected chi connectivity index (χ4v) is 2.69. The summed E-state index contributed by atoms with van der Waals surface area (Å²) in [5.41, 5.74) is 6.33. The van der Waals surface area contributed by atoms with Crippen molar-refractivity contribution >= 4 is 0 Å². The highest BCUT2D eigenvalue weighted by atomic mass is 16.5. The van der Waals surface area contributed by atoms with Crippen LogP contribution in [0.15, 0.2) is 0 Å². The highest BCUT2D eigenvalue weighted by Crippen LogP contribution is 2.31. The zero-order valence-corrected chi connectivity index (χ0v) is 10.3. The minimum absolute atomic E-state index is 0.0914. The second-order valence-electron chi connectivity index (χ2n) is 5.92. The number of hydrogen-bond acceptors (Lipinski definition) is 3. The molecule has 0 saturated carbocycles. The maximum absolute atomic E-state index is 6.14. The van der Waals surface area contributed by atoms with E-state index in [0.29, 0.717) is 6.10 Å². The van der Waals surface area contributed by atoms with E-state index >= 15 is 0 Å². The Morgan fingerprint density at radius 3 is 2.53 bits per heavy atom. The van der Waals surface area contributed by atoms with Gasteiger partial charge in [0.25, 0.3) is 0 Å². The minimum Gasteiger partial charge on any atom is -0.371 e. The van der Waals surface area contributed by atoms with Crippen molar-refractivity contribution in [1.29, 1.82) is 0 Å². The second kappa shape index (κ2) is 3.72. The Hall–Kier alpha value is -0.120. The number of nitrogens with two attached hydrogens (primary N) is 1. The van der Waals surface area contributed by atoms with Crippen LogP contribution in [0.2, 0.25) is 0 Å². The molecule has 2 fully saturated rings. The van der Waals surface area contributed by atoms with Crippen LogP contribution >= 0.6 is 0 Å². The molecular formula is C12H24N2O. The van der Waals surface area contributed by atoms with Gasteiger partial charge in [-0.15, -0.1) is 0 Å². The van der Waals surface area contributed by atoms with Gasteiger partial charge in [0.2, 0.25) is 0 Å². The molecule has 2 aliphatic rings. The van der Waals surface area contributed by atoms with Gasteiger partial charge in [0, 0.05) is 25.2 Å². The smallest absolute Gasteiger partial charge is 0.0710 e. The molecule has 0 amide bonds. The standard InChI is InChI=1S/C12H24N2O/c1-4-12(13)8-14(9-12)7-10-5-6-11(2,3)15-10/h10H,4-9,13H2,1-3H3. The van der Waals surface area contributed by atoms with Gasteiger partial charge in [-0.1, -0.05) is 6.92 Å². The van der Waals surface area contributed by atoms with Gasteiger partial charge < -0.3 is 10.5 Å². The van der Waals surface area contributed by atoms with Crippen molar-refractivity contribution in [3.63, 3.8) is 0 Å². The summed E-state index contributed by atoms with van der Waals surface area (Å²) in [6.45, 7) is 9.70. The van der Waals surface area contributed by atoms with E-state index in [4.69, 9.17) is 10.5 Å². The lowest BCUT2D eigenvalue weighted by Gasteiger charge is -2.48. The zero-order chi connectivity index (χ0) is 11.1. The summed E-state index contributed by atoms with van der Waals surface area (Å²) in [4.78, 5) is 2.43. The highest BCUT2D eigenvalue weighted by molar-refractivity contribution is 4.99. The third kappa shape index (κ3) is 2.52. The summed E-state index contributed by atoms with van der Waals surface area (Å²) >= 11 is 0. The Balaban J connectivity index is 1.72. The SMILES string of the molecule is CCC1(N)CN(CC2CCC(C)(C)O2)C1. The molecule has 2 heterocycles. The number of likely N-dealkylation sites (tertiary alicyclic amines) is 1. The largest absolute Gasteiger partial charge is 0.371 e. The monoisotopic (exact) mass is 212 g/mol. The van der Waals surface area contributed by atoms with Crippen molar-refractivity contribution in [2.45, 2.75) is 57.3 Å². The van der Waals surface area contributed by atoms with Gasteiger partial charge in [-0.25, -0.2) is 0 Å². The molecule has 2 saturated heterocycles. The molecule has 0 spiro atoms. The average Bonchev–Trinajstić information content (AvgIpc) is 2.42. The van der Waals surface area contributed by atoms with Gasteiger partial charge >= 0.3 is 0 Å². The molecule has 0 bridgehead atoms. The zero-order valence-electron chi connectivity index (χ0n) is 10.3. The lowest BCUT2D eigenvalue weighted by Crippen LogP contribution is -2.67. The Kier molecular flexibility index (Phi) is 2.82. The third-order valence-electron chi connectivity index (χ3n) is 3.80. The molecular weight excluding hydrogens is 188 g/mol. The van der Waals surface area contributed by atoms with Gasteiger partial charge in [0.1, 0.15) is 0 Å². The Morgan fingerprint density at radius 2 is 2.07 bits per heavy atom. The molecule has 0 aromatic carbocycles. The van der Waals surface area contributed by atoms with Crippen molar-refractivity contribution in [2.24, 2.45) is 5.73 Å². The van der Waals surface area contributed by atoms with Crippen LogP contribution < -0.4 is 5.73 Å². The molecule has 1 atom stereocenters. The van der Waals surface area contributed by atoms with E-state index in [1.54, 1.807) is 0 Å². The van der Waals surface area contributed by atoms with Crippen molar-refractivity contribution in [3.8, 4) is 0 Å². The molecule has 1 unspecified atom stereocenters. The van der Waals surface area contributed by atoms with Gasteiger partial charge in [0.15, 0.2) is 0 Å². The maximum atomic E-state index is 6.14. The minimum atomic E-state index is 0.0914. The normalized spacial score (nSPS) is 34.0. The first-order chi connectivity index (χ1) is 6.92. The number of rotatable bonds is 3. The summed E-state index contributed by atoms with van der Waals surface area (Å²) in [6, 6.07) is 0. The molecule has 3 heteroatoms. The Labute approximate surface area is 93.0 Å². The topological polar surface area (TPSA) is 38.5 Å². The van der Waals surface area contributed by atoms with Crippen LogP contribution in [-0.4, -0.2) is 41.8 Å². The predicted molar refractivity (Wildman–Crippen MR) is 61.8 cm³/mol. The molecule has 2 rings (SSSR count). The Morgan fingerprint density at radius 1 is 1.40 bits per heavy atom. The average molecular weight is 212 g/mol. The fraction of sp³-hybridized carbons (Fsp3) is 1.00. The van der Waals surface area contributed by atoms with Crippen LogP contribution in [0.5, 0.6) is 0 Å². The summed E-state index contributed by atoms with van der Waals surface area (Å²) in [5.74, 6) is 0. The Bertz CT molecular complexity index is 234. The van der Waals surface area contributed by atoms with E-state index in [2.05, 4.69) is 25.7 Å². The van der Waals surface area contributed by atoms with Gasteiger partial charge in [-0.2, -0.15) is 0 Å². The molecule has 0 aromatic heterocycles. The highest BCUT2D eigenvalue weighted by Gasteiger charge is 2.40. The first kappa shape index (κ1) is 11.4. The van der Waals surface area contributed by atoms with E-state index in [1.807, 2.05) is 0 Å². The summed E-state index contributed by atoms with van der Waals surface area (Å²) in [7, 11) is 0. The summed E-state index contributed by atoms with van der Waals surface area (Å²) in [6.07, 6.45) is 3.90. The van der Waals surface area contributed by atoms with Crippen LogP contribution in [0.4, 0.5) is 0 Å². The molecule has 0 aromatic rings. The van der Waals surface area contributed by atoms with Gasteiger partial charge in [0.05, 0.1) is 11.7 Å². The van der Waals surface area contributed by atoms with Crippen molar-refractivity contribution in [1.82, 2.24) is 4.90 Å². The fourth-order valence-electron chi connectivity index (χ4n) is 2.69. The number of nitrogens with zero attached hydrogens (tertiary/aromatic N) is 1. The van der Waals surface area contributed by atoms with Crippen molar-refractivity contribution < 1.29 is 4.74 Å². The molecule has 0 radical (unpaired) electrons. The van der Waals surface area contributed by atoms with E-state index < -0.39 is 0 Å². The van der Waals surface area contributed by atoms with E-state index in [-0.39, 0.29) is 11.1 Å². The number of ether oxygens (including phenoxy) is 1. The number of hydrogen-bond donors (Lipinski definition) is 1. The molecule has 3 nitrogen and oxygen atoms in total. The molecule has 2 N–H and O–H groups in total. The van der Waals surface area contributed by atoms with Crippen LogP contribution in [-0.2, 0) is 4.74 Å². The van der Waals surface area contributed by atoms with Crippen LogP contribution in [0.25, 0.3) is 0 Å². The summed E-state index contributed by atoms with van der Waals surface area (Å²) in [5, 5.41) is 0. The van der Waals surface area contributed by atoms with E-state index in [9.17, 15) is 0 Å². The lowest BCUT2D eigenvalue weighted by atomic mass is 9.88. The van der Waals surface area contributed by atoms with Crippen LogP contribution in [0, 0.1) is 0 Å². The maximum Gasteiger partial charge on any atom is 0.0710 e. The van der Waals surface area contributed by atoms with Crippen molar-refractivity contribution in [3.05, 3.63) is 0 Å².